The summed E-state index contributed by atoms with van der Waals surface area (Å²) < 4.78 is 1.45. The Bertz CT molecular complexity index is 473. The van der Waals surface area contributed by atoms with E-state index >= 15 is 0 Å². The van der Waals surface area contributed by atoms with Crippen LogP contribution in [-0.2, 0) is 9.59 Å². The molecule has 2 N–H and O–H groups in total. The first kappa shape index (κ1) is 13.5. The minimum Gasteiger partial charge on any atom is -0.481 e. The Hall–Kier alpha value is -1.92. The number of carbonyl (C=O) groups is 2. The maximum atomic E-state index is 12.1. The SMILES string of the molecule is CC(C(=O)NC1CCCC1(C)C(=O)O)n1cncn1. The van der Waals surface area contributed by atoms with Crippen molar-refractivity contribution in [3.05, 3.63) is 12.7 Å². The maximum absolute atomic E-state index is 12.1. The van der Waals surface area contributed by atoms with Gasteiger partial charge in [-0.25, -0.2) is 9.67 Å². The van der Waals surface area contributed by atoms with Gasteiger partial charge in [-0.3, -0.25) is 9.59 Å². The van der Waals surface area contributed by atoms with E-state index in [1.54, 1.807) is 13.8 Å². The van der Waals surface area contributed by atoms with Crippen LogP contribution >= 0.6 is 0 Å². The molecule has 1 fully saturated rings. The lowest BCUT2D eigenvalue weighted by Gasteiger charge is -2.28. The normalized spacial score (nSPS) is 28.0. The van der Waals surface area contributed by atoms with Crippen LogP contribution in [0.15, 0.2) is 12.7 Å². The lowest BCUT2D eigenvalue weighted by Crippen LogP contribution is -2.48. The monoisotopic (exact) mass is 266 g/mol. The first-order valence-corrected chi connectivity index (χ1v) is 6.33. The van der Waals surface area contributed by atoms with Crippen molar-refractivity contribution in [3.8, 4) is 0 Å². The second kappa shape index (κ2) is 4.99. The van der Waals surface area contributed by atoms with Crippen molar-refractivity contribution in [2.24, 2.45) is 5.41 Å². The molecule has 0 saturated heterocycles. The van der Waals surface area contributed by atoms with Crippen LogP contribution in [-0.4, -0.2) is 37.8 Å². The predicted octanol–water partition coefficient (Wildman–Crippen LogP) is 0.599. The number of aromatic nitrogens is 3. The molecule has 7 heteroatoms. The van der Waals surface area contributed by atoms with Crippen LogP contribution in [0.2, 0.25) is 0 Å². The van der Waals surface area contributed by atoms with Crippen molar-refractivity contribution < 1.29 is 14.7 Å². The highest BCUT2D eigenvalue weighted by Crippen LogP contribution is 2.38. The molecule has 1 saturated carbocycles. The maximum Gasteiger partial charge on any atom is 0.311 e. The quantitative estimate of drug-likeness (QED) is 0.831. The molecule has 1 aromatic heterocycles. The fourth-order valence-corrected chi connectivity index (χ4v) is 2.48. The molecule has 1 heterocycles. The van der Waals surface area contributed by atoms with Gasteiger partial charge in [-0.2, -0.15) is 5.10 Å². The van der Waals surface area contributed by atoms with E-state index in [4.69, 9.17) is 0 Å². The number of aliphatic carboxylic acids is 1. The number of nitrogens with one attached hydrogen (secondary N) is 1. The van der Waals surface area contributed by atoms with Gasteiger partial charge in [0.1, 0.15) is 18.7 Å². The minimum absolute atomic E-state index is 0.232. The molecule has 1 amide bonds. The molecule has 0 aromatic carbocycles. The topological polar surface area (TPSA) is 97.1 Å². The molecule has 0 radical (unpaired) electrons. The first-order chi connectivity index (χ1) is 8.95. The summed E-state index contributed by atoms with van der Waals surface area (Å²) in [7, 11) is 0. The molecule has 3 unspecified atom stereocenters. The average Bonchev–Trinajstić information content (AvgIpc) is 2.99. The van der Waals surface area contributed by atoms with Gasteiger partial charge < -0.3 is 10.4 Å². The van der Waals surface area contributed by atoms with Gasteiger partial charge in [0.2, 0.25) is 5.91 Å². The van der Waals surface area contributed by atoms with E-state index in [1.807, 2.05) is 0 Å². The summed E-state index contributed by atoms with van der Waals surface area (Å²) >= 11 is 0. The molecule has 0 spiro atoms. The summed E-state index contributed by atoms with van der Waals surface area (Å²) in [6.45, 7) is 3.39. The van der Waals surface area contributed by atoms with E-state index in [-0.39, 0.29) is 11.9 Å². The fraction of sp³-hybridized carbons (Fsp3) is 0.667. The lowest BCUT2D eigenvalue weighted by molar-refractivity contribution is -0.149. The summed E-state index contributed by atoms with van der Waals surface area (Å²) in [5.74, 6) is -1.09. The smallest absolute Gasteiger partial charge is 0.311 e. The zero-order valence-corrected chi connectivity index (χ0v) is 11.0. The van der Waals surface area contributed by atoms with Gasteiger partial charge in [-0.15, -0.1) is 0 Å². The molecule has 1 aliphatic rings. The van der Waals surface area contributed by atoms with Gasteiger partial charge in [0.15, 0.2) is 0 Å². The second-order valence-electron chi connectivity index (χ2n) is 5.23. The van der Waals surface area contributed by atoms with Gasteiger partial charge in [0.05, 0.1) is 5.41 Å². The van der Waals surface area contributed by atoms with Gasteiger partial charge in [0, 0.05) is 6.04 Å². The van der Waals surface area contributed by atoms with Gasteiger partial charge >= 0.3 is 5.97 Å². The summed E-state index contributed by atoms with van der Waals surface area (Å²) in [4.78, 5) is 27.2. The molecule has 3 atom stereocenters. The third-order valence-corrected chi connectivity index (χ3v) is 3.98. The van der Waals surface area contributed by atoms with Crippen molar-refractivity contribution >= 4 is 11.9 Å². The van der Waals surface area contributed by atoms with Crippen molar-refractivity contribution in [2.75, 3.05) is 0 Å². The molecule has 7 nitrogen and oxygen atoms in total. The highest BCUT2D eigenvalue weighted by molar-refractivity contribution is 5.82. The number of rotatable bonds is 4. The Labute approximate surface area is 111 Å². The standard InChI is InChI=1S/C12H18N4O3/c1-8(16-7-13-6-14-16)10(17)15-9-4-3-5-12(9,2)11(18)19/h6-9H,3-5H2,1-2H3,(H,15,17)(H,18,19). The Balaban J connectivity index is 2.05. The zero-order chi connectivity index (χ0) is 14.0. The predicted molar refractivity (Wildman–Crippen MR) is 66.3 cm³/mol. The first-order valence-electron chi connectivity index (χ1n) is 6.33. The molecule has 0 aliphatic heterocycles. The summed E-state index contributed by atoms with van der Waals surface area (Å²) in [6, 6.07) is -0.829. The largest absolute Gasteiger partial charge is 0.481 e. The van der Waals surface area contributed by atoms with Crippen LogP contribution in [0.5, 0.6) is 0 Å². The lowest BCUT2D eigenvalue weighted by atomic mass is 9.85. The summed E-state index contributed by atoms with van der Waals surface area (Å²) in [5, 5.41) is 16.0. The number of nitrogens with zero attached hydrogens (tertiary/aromatic N) is 3. The van der Waals surface area contributed by atoms with E-state index in [2.05, 4.69) is 15.4 Å². The molecule has 2 rings (SSSR count). The number of carboxylic acid groups (broad SMARTS) is 1. The fourth-order valence-electron chi connectivity index (χ4n) is 2.48. The molecule has 0 bridgehead atoms. The van der Waals surface area contributed by atoms with Crippen LogP contribution < -0.4 is 5.32 Å². The number of hydrogen-bond acceptors (Lipinski definition) is 4. The number of carbonyl (C=O) groups excluding carboxylic acids is 1. The third-order valence-electron chi connectivity index (χ3n) is 3.98. The third kappa shape index (κ3) is 2.45. The number of hydrogen-bond donors (Lipinski definition) is 2. The Morgan fingerprint density at radius 2 is 2.32 bits per heavy atom. The Morgan fingerprint density at radius 1 is 1.58 bits per heavy atom. The van der Waals surface area contributed by atoms with Crippen molar-refractivity contribution in [1.29, 1.82) is 0 Å². The van der Waals surface area contributed by atoms with E-state index in [9.17, 15) is 14.7 Å². The highest BCUT2D eigenvalue weighted by atomic mass is 16.4. The number of carboxylic acids is 1. The van der Waals surface area contributed by atoms with Crippen LogP contribution in [0.25, 0.3) is 0 Å². The van der Waals surface area contributed by atoms with Crippen molar-refractivity contribution in [3.63, 3.8) is 0 Å². The van der Waals surface area contributed by atoms with Gasteiger partial charge in [-0.1, -0.05) is 6.42 Å². The molecule has 1 aliphatic carbocycles. The molecule has 104 valence electrons. The van der Waals surface area contributed by atoms with Crippen LogP contribution in [0.3, 0.4) is 0 Å². The summed E-state index contributed by atoms with van der Waals surface area (Å²) in [6.07, 6.45) is 4.92. The molecule has 19 heavy (non-hydrogen) atoms. The van der Waals surface area contributed by atoms with E-state index in [0.717, 1.165) is 6.42 Å². The zero-order valence-electron chi connectivity index (χ0n) is 11.0. The van der Waals surface area contributed by atoms with E-state index in [1.165, 1.54) is 17.3 Å². The van der Waals surface area contributed by atoms with Crippen molar-refractivity contribution in [1.82, 2.24) is 20.1 Å². The Kier molecular flexibility index (Phi) is 3.55. The average molecular weight is 266 g/mol. The molecular formula is C12H18N4O3. The van der Waals surface area contributed by atoms with E-state index < -0.39 is 17.4 Å². The van der Waals surface area contributed by atoms with Crippen LogP contribution in [0.1, 0.15) is 39.2 Å². The van der Waals surface area contributed by atoms with Crippen LogP contribution in [0, 0.1) is 5.41 Å². The van der Waals surface area contributed by atoms with Gasteiger partial charge in [0.25, 0.3) is 0 Å². The minimum atomic E-state index is -0.877. The number of amides is 1. The second-order valence-corrected chi connectivity index (χ2v) is 5.23. The summed E-state index contributed by atoms with van der Waals surface area (Å²) in [5.41, 5.74) is -0.877. The van der Waals surface area contributed by atoms with Gasteiger partial charge in [-0.05, 0) is 26.7 Å². The molecular weight excluding hydrogens is 248 g/mol. The highest BCUT2D eigenvalue weighted by Gasteiger charge is 2.46. The van der Waals surface area contributed by atoms with E-state index in [0.29, 0.717) is 12.8 Å². The van der Waals surface area contributed by atoms with Crippen LogP contribution in [0.4, 0.5) is 0 Å². The molecule has 1 aromatic rings. The Morgan fingerprint density at radius 3 is 2.89 bits per heavy atom. The van der Waals surface area contributed by atoms with Crippen molar-refractivity contribution in [2.45, 2.75) is 45.2 Å².